The lowest BCUT2D eigenvalue weighted by atomic mass is 10.0. The number of halogens is 1. The summed E-state index contributed by atoms with van der Waals surface area (Å²) in [6.45, 7) is 0. The molecule has 1 atom stereocenters. The van der Waals surface area contributed by atoms with Crippen LogP contribution in [0.1, 0.15) is 17.3 Å². The van der Waals surface area contributed by atoms with Crippen LogP contribution in [0, 0.1) is 5.82 Å². The van der Waals surface area contributed by atoms with Crippen LogP contribution in [0.4, 0.5) is 4.39 Å². The summed E-state index contributed by atoms with van der Waals surface area (Å²) in [5.41, 5.74) is 2.09. The largest absolute Gasteiger partial charge is 0.311 e. The molecule has 17 heavy (non-hydrogen) atoms. The average molecular weight is 234 g/mol. The summed E-state index contributed by atoms with van der Waals surface area (Å²) in [7, 11) is 3.75. The molecule has 0 bridgehead atoms. The second kappa shape index (κ2) is 5.05. The van der Waals surface area contributed by atoms with Crippen LogP contribution in [-0.4, -0.2) is 22.0 Å². The summed E-state index contributed by atoms with van der Waals surface area (Å²) in [4.78, 5) is 0. The standard InChI is InChI=1S/C12H15FN4/c1-14-11(12-8-15-16-17(12)2)7-9-3-5-10(13)6-4-9/h3-6,8,11,14H,7H2,1-2H3. The van der Waals surface area contributed by atoms with Crippen molar-refractivity contribution in [3.63, 3.8) is 0 Å². The third-order valence-electron chi connectivity index (χ3n) is 2.81. The number of aromatic nitrogens is 3. The molecule has 0 aliphatic carbocycles. The molecule has 4 nitrogen and oxygen atoms in total. The van der Waals surface area contributed by atoms with Crippen molar-refractivity contribution in [2.75, 3.05) is 7.05 Å². The fraction of sp³-hybridized carbons (Fsp3) is 0.333. The molecule has 2 rings (SSSR count). The van der Waals surface area contributed by atoms with Crippen molar-refractivity contribution in [1.82, 2.24) is 20.3 Å². The minimum Gasteiger partial charge on any atom is -0.311 e. The van der Waals surface area contributed by atoms with Gasteiger partial charge in [-0.05, 0) is 31.2 Å². The summed E-state index contributed by atoms with van der Waals surface area (Å²) in [6, 6.07) is 6.67. The van der Waals surface area contributed by atoms with Crippen molar-refractivity contribution >= 4 is 0 Å². The lowest BCUT2D eigenvalue weighted by molar-refractivity contribution is 0.534. The van der Waals surface area contributed by atoms with Gasteiger partial charge in [-0.3, -0.25) is 4.68 Å². The number of hydrogen-bond acceptors (Lipinski definition) is 3. The van der Waals surface area contributed by atoms with E-state index in [0.717, 1.165) is 17.7 Å². The lowest BCUT2D eigenvalue weighted by Gasteiger charge is -2.15. The smallest absolute Gasteiger partial charge is 0.123 e. The van der Waals surface area contributed by atoms with Gasteiger partial charge in [-0.1, -0.05) is 17.3 Å². The van der Waals surface area contributed by atoms with E-state index >= 15 is 0 Å². The maximum atomic E-state index is 12.8. The predicted octanol–water partition coefficient (Wildman–Crippen LogP) is 1.46. The number of nitrogens with zero attached hydrogens (tertiary/aromatic N) is 3. The Kier molecular flexibility index (Phi) is 3.49. The van der Waals surface area contributed by atoms with Gasteiger partial charge in [0.05, 0.1) is 17.9 Å². The van der Waals surface area contributed by atoms with Crippen LogP contribution in [0.5, 0.6) is 0 Å². The number of rotatable bonds is 4. The van der Waals surface area contributed by atoms with E-state index in [1.807, 2.05) is 14.1 Å². The second-order valence-corrected chi connectivity index (χ2v) is 3.95. The summed E-state index contributed by atoms with van der Waals surface area (Å²) in [5.74, 6) is -0.211. The molecule has 90 valence electrons. The maximum absolute atomic E-state index is 12.8. The maximum Gasteiger partial charge on any atom is 0.123 e. The highest BCUT2D eigenvalue weighted by molar-refractivity contribution is 5.19. The molecule has 0 amide bonds. The number of nitrogens with one attached hydrogen (secondary N) is 1. The van der Waals surface area contributed by atoms with Crippen molar-refractivity contribution in [3.05, 3.63) is 47.5 Å². The molecule has 0 spiro atoms. The first kappa shape index (κ1) is 11.7. The van der Waals surface area contributed by atoms with Gasteiger partial charge in [0.1, 0.15) is 5.82 Å². The Morgan fingerprint density at radius 1 is 1.35 bits per heavy atom. The highest BCUT2D eigenvalue weighted by Crippen LogP contribution is 2.16. The molecule has 0 aliphatic rings. The zero-order valence-corrected chi connectivity index (χ0v) is 9.89. The molecular weight excluding hydrogens is 219 g/mol. The average Bonchev–Trinajstić information content (AvgIpc) is 2.75. The summed E-state index contributed by atoms with van der Waals surface area (Å²) in [5, 5.41) is 11.0. The fourth-order valence-corrected chi connectivity index (χ4v) is 1.82. The van der Waals surface area contributed by atoms with E-state index in [4.69, 9.17) is 0 Å². The van der Waals surface area contributed by atoms with Crippen LogP contribution < -0.4 is 5.32 Å². The molecule has 0 saturated carbocycles. The first-order chi connectivity index (χ1) is 8.20. The van der Waals surface area contributed by atoms with E-state index in [-0.39, 0.29) is 11.9 Å². The lowest BCUT2D eigenvalue weighted by Crippen LogP contribution is -2.21. The van der Waals surface area contributed by atoms with Crippen LogP contribution in [0.2, 0.25) is 0 Å². The highest BCUT2D eigenvalue weighted by atomic mass is 19.1. The van der Waals surface area contributed by atoms with Crippen molar-refractivity contribution < 1.29 is 4.39 Å². The number of benzene rings is 1. The van der Waals surface area contributed by atoms with Crippen LogP contribution in [-0.2, 0) is 13.5 Å². The second-order valence-electron chi connectivity index (χ2n) is 3.95. The van der Waals surface area contributed by atoms with Crippen molar-refractivity contribution in [2.24, 2.45) is 7.05 Å². The van der Waals surface area contributed by atoms with E-state index in [0.29, 0.717) is 0 Å². The summed E-state index contributed by atoms with van der Waals surface area (Å²) in [6.07, 6.45) is 2.52. The zero-order chi connectivity index (χ0) is 12.3. The number of hydrogen-bond donors (Lipinski definition) is 1. The van der Waals surface area contributed by atoms with Gasteiger partial charge in [0, 0.05) is 7.05 Å². The first-order valence-electron chi connectivity index (χ1n) is 5.47. The Labute approximate surface area is 99.5 Å². The Hall–Kier alpha value is -1.75. The van der Waals surface area contributed by atoms with E-state index in [9.17, 15) is 4.39 Å². The Morgan fingerprint density at radius 2 is 2.06 bits per heavy atom. The Morgan fingerprint density at radius 3 is 2.59 bits per heavy atom. The minimum absolute atomic E-state index is 0.125. The van der Waals surface area contributed by atoms with Gasteiger partial charge < -0.3 is 5.32 Å². The summed E-state index contributed by atoms with van der Waals surface area (Å²) < 4.78 is 14.5. The van der Waals surface area contributed by atoms with Gasteiger partial charge >= 0.3 is 0 Å². The normalized spacial score (nSPS) is 12.6. The monoisotopic (exact) mass is 234 g/mol. The van der Waals surface area contributed by atoms with E-state index < -0.39 is 0 Å². The van der Waals surface area contributed by atoms with Gasteiger partial charge in [0.25, 0.3) is 0 Å². The predicted molar refractivity (Wildman–Crippen MR) is 62.9 cm³/mol. The molecule has 1 unspecified atom stereocenters. The molecule has 1 aromatic heterocycles. The van der Waals surface area contributed by atoms with Crippen molar-refractivity contribution in [3.8, 4) is 0 Å². The van der Waals surface area contributed by atoms with Crippen LogP contribution >= 0.6 is 0 Å². The molecule has 5 heteroatoms. The molecule has 0 saturated heterocycles. The third-order valence-corrected chi connectivity index (χ3v) is 2.81. The quantitative estimate of drug-likeness (QED) is 0.870. The Balaban J connectivity index is 2.16. The van der Waals surface area contributed by atoms with Crippen molar-refractivity contribution in [2.45, 2.75) is 12.5 Å². The molecular formula is C12H15FN4. The van der Waals surface area contributed by atoms with Crippen LogP contribution in [0.25, 0.3) is 0 Å². The first-order valence-corrected chi connectivity index (χ1v) is 5.47. The molecule has 1 aromatic carbocycles. The van der Waals surface area contributed by atoms with E-state index in [2.05, 4.69) is 15.6 Å². The molecule has 0 aliphatic heterocycles. The van der Waals surface area contributed by atoms with E-state index in [1.54, 1.807) is 23.0 Å². The topological polar surface area (TPSA) is 42.7 Å². The number of likely N-dealkylation sites (N-methyl/N-ethyl adjacent to an activating group) is 1. The van der Waals surface area contributed by atoms with Crippen LogP contribution in [0.15, 0.2) is 30.5 Å². The zero-order valence-electron chi connectivity index (χ0n) is 9.89. The minimum atomic E-state index is -0.211. The highest BCUT2D eigenvalue weighted by Gasteiger charge is 2.14. The molecule has 2 aromatic rings. The molecule has 1 N–H and O–H groups in total. The fourth-order valence-electron chi connectivity index (χ4n) is 1.82. The van der Waals surface area contributed by atoms with E-state index in [1.165, 1.54) is 12.1 Å². The third kappa shape index (κ3) is 2.68. The van der Waals surface area contributed by atoms with Crippen molar-refractivity contribution in [1.29, 1.82) is 0 Å². The summed E-state index contributed by atoms with van der Waals surface area (Å²) >= 11 is 0. The van der Waals surface area contributed by atoms with Crippen LogP contribution in [0.3, 0.4) is 0 Å². The van der Waals surface area contributed by atoms with Gasteiger partial charge in [0.15, 0.2) is 0 Å². The van der Waals surface area contributed by atoms with Gasteiger partial charge in [0.2, 0.25) is 0 Å². The van der Waals surface area contributed by atoms with Gasteiger partial charge in [-0.2, -0.15) is 0 Å². The molecule has 0 fully saturated rings. The SMILES string of the molecule is CNC(Cc1ccc(F)cc1)c1cnnn1C. The Bertz CT molecular complexity index is 478. The molecule has 0 radical (unpaired) electrons. The van der Waals surface area contributed by atoms with Gasteiger partial charge in [-0.15, -0.1) is 5.10 Å². The van der Waals surface area contributed by atoms with Gasteiger partial charge in [-0.25, -0.2) is 4.39 Å². The number of aryl methyl sites for hydroxylation is 1. The molecule has 1 heterocycles.